The quantitative estimate of drug-likeness (QED) is 0.233. The van der Waals surface area contributed by atoms with Gasteiger partial charge in [0.1, 0.15) is 6.04 Å². The number of fused-ring (bicyclic) bond motifs is 1. The Hall–Kier alpha value is -3.69. The van der Waals surface area contributed by atoms with Crippen molar-refractivity contribution in [1.82, 2.24) is 4.90 Å². The number of carbonyl (C=O) groups excluding carboxylic acids is 2. The fraction of sp³-hybridized carbons (Fsp3) is 0.129. The van der Waals surface area contributed by atoms with Gasteiger partial charge >= 0.3 is 5.97 Å². The van der Waals surface area contributed by atoms with Crippen molar-refractivity contribution in [2.75, 3.05) is 4.90 Å². The van der Waals surface area contributed by atoms with Gasteiger partial charge in [-0.2, -0.15) is 0 Å². The molecule has 196 valence electrons. The molecule has 0 bridgehead atoms. The van der Waals surface area contributed by atoms with E-state index >= 15 is 0 Å². The molecule has 0 aromatic heterocycles. The number of benzene rings is 4. The molecule has 0 aliphatic carbocycles. The second-order valence-electron chi connectivity index (χ2n) is 9.33. The van der Waals surface area contributed by atoms with E-state index in [1.807, 2.05) is 37.3 Å². The molecule has 39 heavy (non-hydrogen) atoms. The second kappa shape index (κ2) is 11.2. The Morgan fingerprint density at radius 1 is 0.949 bits per heavy atom. The van der Waals surface area contributed by atoms with Crippen molar-refractivity contribution >= 4 is 57.7 Å². The van der Waals surface area contributed by atoms with E-state index in [0.717, 1.165) is 14.7 Å². The monoisotopic (exact) mass is 650 g/mol. The number of carboxylic acids is 1. The number of aryl methyl sites for hydroxylation is 1. The van der Waals surface area contributed by atoms with Crippen LogP contribution < -0.4 is 4.90 Å². The van der Waals surface area contributed by atoms with Gasteiger partial charge in [0.25, 0.3) is 11.8 Å². The molecule has 1 aliphatic rings. The number of aliphatic carboxylic acids is 1. The number of rotatable bonds is 6. The molecule has 0 saturated carbocycles. The van der Waals surface area contributed by atoms with Crippen LogP contribution in [-0.4, -0.2) is 27.8 Å². The smallest absolute Gasteiger partial charge is 0.331 e. The van der Waals surface area contributed by atoms with Crippen LogP contribution in [0.15, 0.2) is 97.1 Å². The molecule has 0 saturated heterocycles. The molecule has 0 fully saturated rings. The van der Waals surface area contributed by atoms with Crippen LogP contribution in [0, 0.1) is 10.5 Å². The van der Waals surface area contributed by atoms with Gasteiger partial charge in [-0.15, -0.1) is 0 Å². The molecule has 1 N–H and O–H groups in total. The zero-order valence-corrected chi connectivity index (χ0v) is 23.8. The summed E-state index contributed by atoms with van der Waals surface area (Å²) in [4.78, 5) is 44.7. The third-order valence-electron chi connectivity index (χ3n) is 6.90. The number of hydrogen-bond acceptors (Lipinski definition) is 3. The standard InChI is InChI=1S/C31H24ClIN2O4/c1-19-7-5-6-10-22(19)18-34-26-16-15-24(33)17-25(26)29(36)35(28(31(38)39)20-8-3-2-4-9-20)27(30(34)37)21-11-13-23(32)14-12-21/h2-17,27-28H,18H2,1H3,(H,38,39). The fourth-order valence-electron chi connectivity index (χ4n) is 4.95. The highest BCUT2D eigenvalue weighted by atomic mass is 127. The molecule has 2 atom stereocenters. The van der Waals surface area contributed by atoms with Crippen molar-refractivity contribution in [2.45, 2.75) is 25.6 Å². The van der Waals surface area contributed by atoms with Crippen molar-refractivity contribution in [1.29, 1.82) is 0 Å². The first-order valence-corrected chi connectivity index (χ1v) is 13.7. The van der Waals surface area contributed by atoms with Gasteiger partial charge in [0.15, 0.2) is 6.04 Å². The first kappa shape index (κ1) is 26.9. The largest absolute Gasteiger partial charge is 0.479 e. The maximum atomic E-state index is 14.6. The van der Waals surface area contributed by atoms with Crippen LogP contribution in [-0.2, 0) is 16.1 Å². The first-order chi connectivity index (χ1) is 18.8. The second-order valence-corrected chi connectivity index (χ2v) is 11.0. The third-order valence-corrected chi connectivity index (χ3v) is 7.82. The molecule has 2 amide bonds. The van der Waals surface area contributed by atoms with Gasteiger partial charge in [-0.25, -0.2) is 4.79 Å². The van der Waals surface area contributed by atoms with Gasteiger partial charge in [0.05, 0.1) is 17.8 Å². The number of nitrogens with zero attached hydrogens (tertiary/aromatic N) is 2. The van der Waals surface area contributed by atoms with Crippen molar-refractivity contribution in [2.24, 2.45) is 0 Å². The summed E-state index contributed by atoms with van der Waals surface area (Å²) in [5, 5.41) is 10.9. The minimum absolute atomic E-state index is 0.216. The van der Waals surface area contributed by atoms with Gasteiger partial charge in [0, 0.05) is 8.59 Å². The maximum absolute atomic E-state index is 14.6. The SMILES string of the molecule is Cc1ccccc1CN1C(=O)C(c2ccc(Cl)cc2)N(C(C(=O)O)c2ccccc2)C(=O)c2cc(I)ccc21. The lowest BCUT2D eigenvalue weighted by atomic mass is 9.97. The molecule has 0 spiro atoms. The van der Waals surface area contributed by atoms with Gasteiger partial charge in [-0.1, -0.05) is 78.3 Å². The third kappa shape index (κ3) is 5.29. The zero-order valence-electron chi connectivity index (χ0n) is 20.9. The van der Waals surface area contributed by atoms with Gasteiger partial charge in [-0.3, -0.25) is 9.59 Å². The summed E-state index contributed by atoms with van der Waals surface area (Å²) in [6, 6.07) is 25.5. The summed E-state index contributed by atoms with van der Waals surface area (Å²) >= 11 is 8.28. The Kier molecular flexibility index (Phi) is 7.72. The lowest BCUT2D eigenvalue weighted by Crippen LogP contribution is -2.46. The van der Waals surface area contributed by atoms with Crippen LogP contribution in [0.25, 0.3) is 0 Å². The van der Waals surface area contributed by atoms with Crippen LogP contribution in [0.4, 0.5) is 5.69 Å². The summed E-state index contributed by atoms with van der Waals surface area (Å²) < 4.78 is 0.791. The Morgan fingerprint density at radius 2 is 1.62 bits per heavy atom. The van der Waals surface area contributed by atoms with Crippen LogP contribution in [0.2, 0.25) is 5.02 Å². The lowest BCUT2D eigenvalue weighted by Gasteiger charge is -2.35. The van der Waals surface area contributed by atoms with E-state index in [0.29, 0.717) is 21.8 Å². The van der Waals surface area contributed by atoms with E-state index in [1.54, 1.807) is 71.6 Å². The predicted molar refractivity (Wildman–Crippen MR) is 159 cm³/mol. The van der Waals surface area contributed by atoms with Gasteiger partial charge < -0.3 is 14.9 Å². The molecule has 4 aromatic rings. The number of halogens is 2. The summed E-state index contributed by atoms with van der Waals surface area (Å²) in [6.07, 6.45) is 0. The zero-order chi connectivity index (χ0) is 27.7. The average Bonchev–Trinajstić information content (AvgIpc) is 3.00. The molecule has 5 rings (SSSR count). The van der Waals surface area contributed by atoms with E-state index in [2.05, 4.69) is 22.6 Å². The van der Waals surface area contributed by atoms with E-state index in [1.165, 1.54) is 4.90 Å². The Morgan fingerprint density at radius 3 is 2.28 bits per heavy atom. The molecule has 4 aromatic carbocycles. The van der Waals surface area contributed by atoms with E-state index < -0.39 is 29.9 Å². The van der Waals surface area contributed by atoms with Crippen LogP contribution in [0.1, 0.15) is 44.7 Å². The van der Waals surface area contributed by atoms with Crippen molar-refractivity contribution in [3.05, 3.63) is 133 Å². The summed E-state index contributed by atoms with van der Waals surface area (Å²) in [7, 11) is 0. The number of carboxylic acid groups (broad SMARTS) is 1. The van der Waals surface area contributed by atoms with E-state index in [-0.39, 0.29) is 12.1 Å². The van der Waals surface area contributed by atoms with E-state index in [9.17, 15) is 19.5 Å². The van der Waals surface area contributed by atoms with Crippen LogP contribution in [0.3, 0.4) is 0 Å². The molecule has 8 heteroatoms. The molecular formula is C31H24ClIN2O4. The molecule has 1 heterocycles. The van der Waals surface area contributed by atoms with Crippen molar-refractivity contribution in [3.8, 4) is 0 Å². The maximum Gasteiger partial charge on any atom is 0.331 e. The van der Waals surface area contributed by atoms with Crippen LogP contribution in [0.5, 0.6) is 0 Å². The lowest BCUT2D eigenvalue weighted by molar-refractivity contribution is -0.144. The summed E-state index contributed by atoms with van der Waals surface area (Å²) in [6.45, 7) is 2.18. The number of hydrogen-bond donors (Lipinski definition) is 1. The minimum atomic E-state index is -1.41. The van der Waals surface area contributed by atoms with Gasteiger partial charge in [-0.05, 0) is 82.1 Å². The molecule has 1 aliphatic heterocycles. The highest BCUT2D eigenvalue weighted by molar-refractivity contribution is 14.1. The minimum Gasteiger partial charge on any atom is -0.479 e. The molecular weight excluding hydrogens is 627 g/mol. The Balaban J connectivity index is 1.77. The van der Waals surface area contributed by atoms with E-state index in [4.69, 9.17) is 11.6 Å². The first-order valence-electron chi connectivity index (χ1n) is 12.3. The predicted octanol–water partition coefficient (Wildman–Crippen LogP) is 6.81. The van der Waals surface area contributed by atoms with Crippen molar-refractivity contribution < 1.29 is 19.5 Å². The fourth-order valence-corrected chi connectivity index (χ4v) is 5.57. The number of amides is 2. The highest BCUT2D eigenvalue weighted by Crippen LogP contribution is 2.41. The van der Waals surface area contributed by atoms with Gasteiger partial charge in [0.2, 0.25) is 0 Å². The average molecular weight is 651 g/mol. The normalized spacial score (nSPS) is 16.0. The molecule has 6 nitrogen and oxygen atoms in total. The summed E-state index contributed by atoms with van der Waals surface area (Å²) in [5.74, 6) is -2.18. The molecule has 2 unspecified atom stereocenters. The molecule has 0 radical (unpaired) electrons. The van der Waals surface area contributed by atoms with Crippen LogP contribution >= 0.6 is 34.2 Å². The Labute approximate surface area is 245 Å². The number of anilines is 1. The Bertz CT molecular complexity index is 1560. The van der Waals surface area contributed by atoms with Crippen molar-refractivity contribution in [3.63, 3.8) is 0 Å². The topological polar surface area (TPSA) is 77.9 Å². The summed E-state index contributed by atoms with van der Waals surface area (Å²) in [5.41, 5.74) is 3.49. The highest BCUT2D eigenvalue weighted by Gasteiger charge is 2.46. The number of carbonyl (C=O) groups is 3.